The van der Waals surface area contributed by atoms with Crippen LogP contribution < -0.4 is 21.0 Å². The number of benzene rings is 2. The maximum absolute atomic E-state index is 12.5. The molecule has 0 bridgehead atoms. The minimum atomic E-state index is -1.08. The van der Waals surface area contributed by atoms with E-state index in [9.17, 15) is 9.59 Å². The number of aliphatic carboxylic acids is 1. The van der Waals surface area contributed by atoms with E-state index in [2.05, 4.69) is 59.9 Å². The Morgan fingerprint density at radius 1 is 1.24 bits per heavy atom. The fourth-order valence-corrected chi connectivity index (χ4v) is 3.81. The van der Waals surface area contributed by atoms with Crippen molar-refractivity contribution in [1.82, 2.24) is 9.78 Å². The van der Waals surface area contributed by atoms with E-state index in [1.165, 1.54) is 22.5 Å². The van der Waals surface area contributed by atoms with E-state index in [1.54, 1.807) is 6.08 Å². The predicted molar refractivity (Wildman–Crippen MR) is 114 cm³/mol. The third kappa shape index (κ3) is 3.74. The number of aromatic nitrogens is 2. The lowest BCUT2D eigenvalue weighted by atomic mass is 9.98. The summed E-state index contributed by atoms with van der Waals surface area (Å²) in [6, 6.07) is 14.7. The number of hydrogen-bond acceptors (Lipinski definition) is 3. The van der Waals surface area contributed by atoms with Crippen molar-refractivity contribution in [3.63, 3.8) is 0 Å². The van der Waals surface area contributed by atoms with Crippen LogP contribution in [0.25, 0.3) is 12.7 Å². The zero-order chi connectivity index (χ0) is 20.5. The smallest absolute Gasteiger partial charge is 0.325 e. The summed E-state index contributed by atoms with van der Waals surface area (Å²) in [5, 5.41) is 12.5. The van der Waals surface area contributed by atoms with Crippen molar-refractivity contribution in [3.8, 4) is 0 Å². The summed E-state index contributed by atoms with van der Waals surface area (Å²) in [6.45, 7) is 6.48. The van der Waals surface area contributed by atoms with Crippen LogP contribution in [0.3, 0.4) is 0 Å². The number of hydrogen-bond donors (Lipinski definition) is 2. The molecular formula is C23H23N3O3. The standard InChI is InChI=1S/C23H23N3O3/c1-15-5-8-19(9-6-15)25-11-3-4-18-12-17(7-10-21(18)25)13-20-16(2)24-26(23(20)29)14-22(27)28/h5-10,12-13,24H,2-4,11,14H2,1H3,(H,27,28)/b20-13-. The molecule has 0 unspecified atom stereocenters. The average molecular weight is 389 g/mol. The van der Waals surface area contributed by atoms with Gasteiger partial charge in [-0.3, -0.25) is 14.7 Å². The number of anilines is 2. The molecule has 0 spiro atoms. The summed E-state index contributed by atoms with van der Waals surface area (Å²) in [5.41, 5.74) is 5.35. The Morgan fingerprint density at radius 2 is 2.00 bits per heavy atom. The number of H-pyrrole nitrogens is 1. The number of aromatic amines is 1. The Morgan fingerprint density at radius 3 is 2.72 bits per heavy atom. The van der Waals surface area contributed by atoms with Crippen molar-refractivity contribution in [3.05, 3.63) is 80.1 Å². The number of carboxylic acid groups (broad SMARTS) is 1. The van der Waals surface area contributed by atoms with Gasteiger partial charge in [-0.05, 0) is 61.2 Å². The van der Waals surface area contributed by atoms with Gasteiger partial charge in [0.1, 0.15) is 6.54 Å². The van der Waals surface area contributed by atoms with E-state index in [-0.39, 0.29) is 5.56 Å². The Balaban J connectivity index is 1.72. The SMILES string of the molecule is C=c1[nH]n(CC(=O)O)c(=O)/c1=C\c1ccc2c(c1)CCCN2c1ccc(C)cc1. The van der Waals surface area contributed by atoms with Crippen molar-refractivity contribution in [1.29, 1.82) is 0 Å². The van der Waals surface area contributed by atoms with Gasteiger partial charge < -0.3 is 10.0 Å². The Labute approximate surface area is 168 Å². The number of carbonyl (C=O) groups is 1. The van der Waals surface area contributed by atoms with E-state index < -0.39 is 12.5 Å². The van der Waals surface area contributed by atoms with Crippen molar-refractivity contribution in [2.24, 2.45) is 0 Å². The van der Waals surface area contributed by atoms with E-state index in [0.29, 0.717) is 10.6 Å². The van der Waals surface area contributed by atoms with Gasteiger partial charge in [-0.15, -0.1) is 0 Å². The first-order valence-electron chi connectivity index (χ1n) is 9.61. The number of fused-ring (bicyclic) bond motifs is 1. The number of aryl methyl sites for hydroxylation is 2. The Bertz CT molecular complexity index is 1240. The second-order valence-electron chi connectivity index (χ2n) is 7.41. The fraction of sp³-hybridized carbons (Fsp3) is 0.217. The van der Waals surface area contributed by atoms with Gasteiger partial charge in [0.05, 0.1) is 10.6 Å². The average Bonchev–Trinajstić information content (AvgIpc) is 2.95. The highest BCUT2D eigenvalue weighted by Gasteiger charge is 2.18. The summed E-state index contributed by atoms with van der Waals surface area (Å²) in [6.07, 6.45) is 3.80. The topological polar surface area (TPSA) is 78.3 Å². The normalized spacial score (nSPS) is 14.1. The molecule has 2 N–H and O–H groups in total. The second kappa shape index (κ2) is 7.47. The quantitative estimate of drug-likeness (QED) is 0.714. The van der Waals surface area contributed by atoms with Gasteiger partial charge >= 0.3 is 5.97 Å². The second-order valence-corrected chi connectivity index (χ2v) is 7.41. The Hall–Kier alpha value is -3.54. The first-order chi connectivity index (χ1) is 13.9. The summed E-state index contributed by atoms with van der Waals surface area (Å²) >= 11 is 0. The van der Waals surface area contributed by atoms with Gasteiger partial charge in [-0.25, -0.2) is 4.68 Å². The first kappa shape index (κ1) is 18.8. The van der Waals surface area contributed by atoms with Crippen LogP contribution >= 0.6 is 0 Å². The zero-order valence-electron chi connectivity index (χ0n) is 16.3. The third-order valence-corrected chi connectivity index (χ3v) is 5.24. The van der Waals surface area contributed by atoms with Crippen LogP contribution in [0.15, 0.2) is 47.3 Å². The van der Waals surface area contributed by atoms with Crippen molar-refractivity contribution in [2.45, 2.75) is 26.3 Å². The van der Waals surface area contributed by atoms with Gasteiger partial charge in [0.25, 0.3) is 5.56 Å². The van der Waals surface area contributed by atoms with Crippen molar-refractivity contribution in [2.75, 3.05) is 11.4 Å². The fourth-order valence-electron chi connectivity index (χ4n) is 3.81. The molecule has 0 atom stereocenters. The minimum absolute atomic E-state index is 0.378. The molecule has 0 saturated carbocycles. The molecule has 1 aliphatic rings. The highest BCUT2D eigenvalue weighted by molar-refractivity contribution is 5.70. The lowest BCUT2D eigenvalue weighted by molar-refractivity contribution is -0.137. The molecule has 148 valence electrons. The highest BCUT2D eigenvalue weighted by atomic mass is 16.4. The first-order valence-corrected chi connectivity index (χ1v) is 9.61. The molecule has 4 rings (SSSR count). The third-order valence-electron chi connectivity index (χ3n) is 5.24. The molecule has 0 saturated heterocycles. The van der Waals surface area contributed by atoms with Crippen LogP contribution in [0.4, 0.5) is 11.4 Å². The van der Waals surface area contributed by atoms with Crippen molar-refractivity contribution < 1.29 is 9.90 Å². The molecule has 29 heavy (non-hydrogen) atoms. The number of carboxylic acids is 1. The van der Waals surface area contributed by atoms with Gasteiger partial charge in [0.15, 0.2) is 0 Å². The molecule has 1 aliphatic heterocycles. The van der Waals surface area contributed by atoms with Crippen LogP contribution in [0.1, 0.15) is 23.1 Å². The van der Waals surface area contributed by atoms with Crippen LogP contribution in [-0.4, -0.2) is 27.4 Å². The van der Waals surface area contributed by atoms with Crippen molar-refractivity contribution >= 4 is 30.0 Å². The molecule has 1 aromatic heterocycles. The number of nitrogens with zero attached hydrogens (tertiary/aromatic N) is 2. The molecular weight excluding hydrogens is 366 g/mol. The maximum atomic E-state index is 12.5. The van der Waals surface area contributed by atoms with Crippen LogP contribution in [-0.2, 0) is 17.8 Å². The number of rotatable bonds is 4. The van der Waals surface area contributed by atoms with Gasteiger partial charge in [-0.2, -0.15) is 0 Å². The van der Waals surface area contributed by atoms with E-state index in [1.807, 2.05) is 6.07 Å². The molecule has 6 heteroatoms. The Kier molecular flexibility index (Phi) is 4.84. The maximum Gasteiger partial charge on any atom is 0.325 e. The van der Waals surface area contributed by atoms with E-state index >= 15 is 0 Å². The summed E-state index contributed by atoms with van der Waals surface area (Å²) in [7, 11) is 0. The predicted octanol–water partition coefficient (Wildman–Crippen LogP) is 1.89. The number of nitrogens with one attached hydrogen (secondary N) is 1. The highest BCUT2D eigenvalue weighted by Crippen LogP contribution is 2.34. The molecule has 0 radical (unpaired) electrons. The molecule has 0 fully saturated rings. The van der Waals surface area contributed by atoms with Gasteiger partial charge in [0.2, 0.25) is 0 Å². The van der Waals surface area contributed by atoms with Crippen LogP contribution in [0.5, 0.6) is 0 Å². The van der Waals surface area contributed by atoms with E-state index in [4.69, 9.17) is 5.11 Å². The minimum Gasteiger partial charge on any atom is -0.480 e. The molecule has 0 aliphatic carbocycles. The molecule has 2 aromatic carbocycles. The van der Waals surface area contributed by atoms with Gasteiger partial charge in [-0.1, -0.05) is 30.3 Å². The molecule has 2 heterocycles. The largest absolute Gasteiger partial charge is 0.480 e. The lowest BCUT2D eigenvalue weighted by Crippen LogP contribution is -2.35. The lowest BCUT2D eigenvalue weighted by Gasteiger charge is -2.31. The zero-order valence-corrected chi connectivity index (χ0v) is 16.3. The summed E-state index contributed by atoms with van der Waals surface area (Å²) < 4.78 is 1.06. The monoisotopic (exact) mass is 389 g/mol. The summed E-state index contributed by atoms with van der Waals surface area (Å²) in [5.74, 6) is -1.08. The summed E-state index contributed by atoms with van der Waals surface area (Å²) in [4.78, 5) is 25.7. The van der Waals surface area contributed by atoms with Gasteiger partial charge in [0, 0.05) is 17.9 Å². The van der Waals surface area contributed by atoms with E-state index in [0.717, 1.165) is 29.6 Å². The molecule has 3 aromatic rings. The molecule has 6 nitrogen and oxygen atoms in total. The molecule has 0 amide bonds. The van der Waals surface area contributed by atoms with Crippen LogP contribution in [0.2, 0.25) is 0 Å². The van der Waals surface area contributed by atoms with Crippen LogP contribution in [0, 0.1) is 6.92 Å².